The number of guanidine groups is 1. The molecule has 0 fully saturated rings. The Hall–Kier alpha value is -2.74. The van der Waals surface area contributed by atoms with Gasteiger partial charge in [-0.05, 0) is 36.1 Å². The van der Waals surface area contributed by atoms with E-state index in [0.29, 0.717) is 25.5 Å². The van der Waals surface area contributed by atoms with Crippen molar-refractivity contribution in [2.45, 2.75) is 18.6 Å². The van der Waals surface area contributed by atoms with E-state index < -0.39 is 9.84 Å². The quantitative estimate of drug-likeness (QED) is 0.369. The molecule has 1 heterocycles. The van der Waals surface area contributed by atoms with Crippen molar-refractivity contribution in [1.82, 2.24) is 10.6 Å². The van der Waals surface area contributed by atoms with Crippen LogP contribution in [-0.2, 0) is 22.0 Å². The fourth-order valence-corrected chi connectivity index (χ4v) is 4.47. The Morgan fingerprint density at radius 3 is 2.55 bits per heavy atom. The number of rotatable bonds is 9. The molecular formula is C21H27N3O4S. The van der Waals surface area contributed by atoms with Gasteiger partial charge in [-0.1, -0.05) is 36.4 Å². The Morgan fingerprint density at radius 1 is 1.00 bits per heavy atom. The van der Waals surface area contributed by atoms with Gasteiger partial charge in [-0.25, -0.2) is 8.42 Å². The number of hydrogen-bond acceptors (Lipinski definition) is 5. The average Bonchev–Trinajstić information content (AvgIpc) is 3.18. The van der Waals surface area contributed by atoms with Gasteiger partial charge in [-0.3, -0.25) is 4.99 Å². The minimum absolute atomic E-state index is 0.0797. The second-order valence-corrected chi connectivity index (χ2v) is 8.98. The van der Waals surface area contributed by atoms with Crippen molar-refractivity contribution in [3.63, 3.8) is 0 Å². The zero-order chi connectivity index (χ0) is 20.5. The molecule has 1 aliphatic heterocycles. The highest BCUT2D eigenvalue weighted by Crippen LogP contribution is 2.32. The Labute approximate surface area is 172 Å². The van der Waals surface area contributed by atoms with Crippen LogP contribution in [-0.4, -0.2) is 47.1 Å². The molecule has 2 aromatic rings. The van der Waals surface area contributed by atoms with E-state index in [9.17, 15) is 8.42 Å². The van der Waals surface area contributed by atoms with E-state index in [1.807, 2.05) is 48.5 Å². The third kappa shape index (κ3) is 6.67. The molecular weight excluding hydrogens is 390 g/mol. The summed E-state index contributed by atoms with van der Waals surface area (Å²) in [6.07, 6.45) is 1.33. The lowest BCUT2D eigenvalue weighted by molar-refractivity contribution is 0.174. The fourth-order valence-electron chi connectivity index (χ4n) is 3.04. The van der Waals surface area contributed by atoms with Crippen LogP contribution in [0.15, 0.2) is 53.5 Å². The molecule has 7 nitrogen and oxygen atoms in total. The fraction of sp³-hybridized carbons (Fsp3) is 0.381. The van der Waals surface area contributed by atoms with Crippen LogP contribution in [0.4, 0.5) is 0 Å². The maximum Gasteiger partial charge on any atom is 0.231 e. The molecule has 0 radical (unpaired) electrons. The van der Waals surface area contributed by atoms with E-state index in [0.717, 1.165) is 29.0 Å². The van der Waals surface area contributed by atoms with Crippen molar-refractivity contribution in [1.29, 1.82) is 0 Å². The van der Waals surface area contributed by atoms with Crippen molar-refractivity contribution >= 4 is 15.8 Å². The van der Waals surface area contributed by atoms with E-state index in [2.05, 4.69) is 15.6 Å². The van der Waals surface area contributed by atoms with Gasteiger partial charge >= 0.3 is 0 Å². The van der Waals surface area contributed by atoms with E-state index in [1.165, 1.54) is 0 Å². The highest BCUT2D eigenvalue weighted by atomic mass is 32.2. The summed E-state index contributed by atoms with van der Waals surface area (Å²) in [4.78, 5) is 4.18. The number of fused-ring (bicyclic) bond motifs is 1. The number of nitrogens with one attached hydrogen (secondary N) is 2. The Kier molecular flexibility index (Phi) is 7.35. The smallest absolute Gasteiger partial charge is 0.231 e. The first-order valence-corrected chi connectivity index (χ1v) is 11.5. The number of hydrogen-bond donors (Lipinski definition) is 2. The molecule has 1 aliphatic rings. The molecule has 29 heavy (non-hydrogen) atoms. The van der Waals surface area contributed by atoms with Crippen LogP contribution >= 0.6 is 0 Å². The van der Waals surface area contributed by atoms with Gasteiger partial charge in [-0.2, -0.15) is 0 Å². The largest absolute Gasteiger partial charge is 0.454 e. The summed E-state index contributed by atoms with van der Waals surface area (Å²) >= 11 is 0. The molecule has 2 N–H and O–H groups in total. The van der Waals surface area contributed by atoms with Gasteiger partial charge in [-0.15, -0.1) is 0 Å². The summed E-state index contributed by atoms with van der Waals surface area (Å²) in [7, 11) is -1.42. The lowest BCUT2D eigenvalue weighted by atomic mass is 10.1. The zero-order valence-electron chi connectivity index (χ0n) is 16.6. The van der Waals surface area contributed by atoms with Gasteiger partial charge in [0, 0.05) is 20.1 Å². The standard InChI is InChI=1S/C21H27N3O4S/c1-22-21(24-12-10-17-8-9-19-20(14-17)28-16-27-19)23-11-5-13-29(25,26)15-18-6-3-2-4-7-18/h2-4,6-9,14H,5,10-13,15-16H2,1H3,(H2,22,23,24). The average molecular weight is 418 g/mol. The second kappa shape index (κ2) is 10.2. The third-order valence-corrected chi connectivity index (χ3v) is 6.20. The Morgan fingerprint density at radius 2 is 1.76 bits per heavy atom. The van der Waals surface area contributed by atoms with Crippen LogP contribution in [0.25, 0.3) is 0 Å². The maximum atomic E-state index is 12.2. The topological polar surface area (TPSA) is 89.0 Å². The molecule has 0 bridgehead atoms. The molecule has 2 aromatic carbocycles. The summed E-state index contributed by atoms with van der Waals surface area (Å²) in [6.45, 7) is 1.51. The van der Waals surface area contributed by atoms with Crippen LogP contribution < -0.4 is 20.1 Å². The van der Waals surface area contributed by atoms with E-state index in [1.54, 1.807) is 7.05 Å². The summed E-state index contributed by atoms with van der Waals surface area (Å²) in [6, 6.07) is 15.2. The molecule has 0 saturated heterocycles. The number of benzene rings is 2. The lowest BCUT2D eigenvalue weighted by Crippen LogP contribution is -2.39. The van der Waals surface area contributed by atoms with Crippen LogP contribution in [0, 0.1) is 0 Å². The van der Waals surface area contributed by atoms with Gasteiger partial charge in [0.15, 0.2) is 27.3 Å². The van der Waals surface area contributed by atoms with Crippen molar-refractivity contribution in [2.24, 2.45) is 4.99 Å². The van der Waals surface area contributed by atoms with Crippen molar-refractivity contribution < 1.29 is 17.9 Å². The summed E-state index contributed by atoms with van der Waals surface area (Å²) in [5.41, 5.74) is 1.96. The highest BCUT2D eigenvalue weighted by Gasteiger charge is 2.13. The predicted molar refractivity (Wildman–Crippen MR) is 114 cm³/mol. The van der Waals surface area contributed by atoms with E-state index >= 15 is 0 Å². The molecule has 3 rings (SSSR count). The SMILES string of the molecule is CN=C(NCCCS(=O)(=O)Cc1ccccc1)NCCc1ccc2c(c1)OCO2. The highest BCUT2D eigenvalue weighted by molar-refractivity contribution is 7.90. The van der Waals surface area contributed by atoms with Gasteiger partial charge in [0.2, 0.25) is 6.79 Å². The van der Waals surface area contributed by atoms with Gasteiger partial charge in [0.05, 0.1) is 11.5 Å². The lowest BCUT2D eigenvalue weighted by Gasteiger charge is -2.12. The van der Waals surface area contributed by atoms with Crippen LogP contribution in [0.3, 0.4) is 0 Å². The molecule has 0 saturated carbocycles. The number of nitrogens with zero attached hydrogens (tertiary/aromatic N) is 1. The van der Waals surface area contributed by atoms with Gasteiger partial charge in [0.1, 0.15) is 0 Å². The monoisotopic (exact) mass is 417 g/mol. The van der Waals surface area contributed by atoms with Crippen molar-refractivity contribution in [3.05, 3.63) is 59.7 Å². The molecule has 0 amide bonds. The first-order chi connectivity index (χ1) is 14.1. The number of sulfone groups is 1. The molecule has 0 unspecified atom stereocenters. The molecule has 0 aromatic heterocycles. The molecule has 156 valence electrons. The van der Waals surface area contributed by atoms with Crippen LogP contribution in [0.2, 0.25) is 0 Å². The molecule has 0 atom stereocenters. The Balaban J connectivity index is 1.35. The molecule has 8 heteroatoms. The summed E-state index contributed by atoms with van der Waals surface area (Å²) in [5.74, 6) is 2.44. The van der Waals surface area contributed by atoms with Crippen molar-refractivity contribution in [2.75, 3.05) is 32.7 Å². The second-order valence-electron chi connectivity index (χ2n) is 6.79. The third-order valence-electron chi connectivity index (χ3n) is 4.52. The van der Waals surface area contributed by atoms with Crippen molar-refractivity contribution in [3.8, 4) is 11.5 Å². The van der Waals surface area contributed by atoms with Crippen LogP contribution in [0.1, 0.15) is 17.5 Å². The van der Waals surface area contributed by atoms with E-state index in [4.69, 9.17) is 9.47 Å². The van der Waals surface area contributed by atoms with E-state index in [-0.39, 0.29) is 18.3 Å². The van der Waals surface area contributed by atoms with Crippen LogP contribution in [0.5, 0.6) is 11.5 Å². The number of aliphatic imine (C=N–C) groups is 1. The first kappa shape index (κ1) is 21.0. The molecule has 0 spiro atoms. The van der Waals surface area contributed by atoms with Gasteiger partial charge in [0.25, 0.3) is 0 Å². The normalized spacial score (nSPS) is 13.3. The summed E-state index contributed by atoms with van der Waals surface area (Å²) in [5, 5.41) is 6.40. The Bertz CT molecular complexity index is 930. The summed E-state index contributed by atoms with van der Waals surface area (Å²) < 4.78 is 35.2. The first-order valence-electron chi connectivity index (χ1n) is 9.63. The minimum Gasteiger partial charge on any atom is -0.454 e. The molecule has 0 aliphatic carbocycles. The minimum atomic E-state index is -3.12. The predicted octanol–water partition coefficient (Wildman–Crippen LogP) is 2.13. The zero-order valence-corrected chi connectivity index (χ0v) is 17.4. The number of ether oxygens (including phenoxy) is 2. The maximum absolute atomic E-state index is 12.2. The van der Waals surface area contributed by atoms with Gasteiger partial charge < -0.3 is 20.1 Å².